The molecule has 3 heterocycles. The minimum Gasteiger partial charge on any atom is -0.354 e. The lowest BCUT2D eigenvalue weighted by atomic mass is 10.0. The number of benzene rings is 1. The van der Waals surface area contributed by atoms with Gasteiger partial charge in [-0.05, 0) is 38.3 Å². The first-order valence-corrected chi connectivity index (χ1v) is 10.3. The van der Waals surface area contributed by atoms with E-state index in [9.17, 15) is 4.79 Å². The molecule has 2 fully saturated rings. The second-order valence-electron chi connectivity index (χ2n) is 7.90. The van der Waals surface area contributed by atoms with Crippen LogP contribution in [0.4, 0.5) is 5.82 Å². The highest BCUT2D eigenvalue weighted by Crippen LogP contribution is 2.22. The summed E-state index contributed by atoms with van der Waals surface area (Å²) in [6.45, 7) is 4.49. The molecule has 148 valence electrons. The molecule has 1 amide bonds. The van der Waals surface area contributed by atoms with Crippen molar-refractivity contribution in [1.82, 2.24) is 19.8 Å². The molecule has 28 heavy (non-hydrogen) atoms. The molecule has 1 aromatic carbocycles. The Bertz CT molecular complexity index is 791. The number of piperidine rings is 1. The number of rotatable bonds is 5. The molecule has 0 saturated carbocycles. The Morgan fingerprint density at radius 1 is 1.11 bits per heavy atom. The van der Waals surface area contributed by atoms with Gasteiger partial charge in [0, 0.05) is 38.8 Å². The van der Waals surface area contributed by atoms with Gasteiger partial charge in [-0.3, -0.25) is 14.7 Å². The second-order valence-corrected chi connectivity index (χ2v) is 7.90. The fraction of sp³-hybridized carbons (Fsp3) is 0.500. The van der Waals surface area contributed by atoms with Crippen LogP contribution in [-0.4, -0.2) is 64.9 Å². The summed E-state index contributed by atoms with van der Waals surface area (Å²) in [7, 11) is 2.19. The molecule has 4 rings (SSSR count). The molecule has 0 spiro atoms. The van der Waals surface area contributed by atoms with Crippen molar-refractivity contribution in [3.63, 3.8) is 0 Å². The van der Waals surface area contributed by atoms with E-state index >= 15 is 0 Å². The van der Waals surface area contributed by atoms with E-state index in [0.717, 1.165) is 57.8 Å². The largest absolute Gasteiger partial charge is 0.354 e. The summed E-state index contributed by atoms with van der Waals surface area (Å²) in [6, 6.07) is 11.1. The summed E-state index contributed by atoms with van der Waals surface area (Å²) in [5.74, 6) is 0.837. The molecule has 1 aromatic heterocycles. The van der Waals surface area contributed by atoms with Crippen molar-refractivity contribution in [3.05, 3.63) is 54.0 Å². The van der Waals surface area contributed by atoms with E-state index in [4.69, 9.17) is 0 Å². The summed E-state index contributed by atoms with van der Waals surface area (Å²) < 4.78 is 0. The molecule has 0 radical (unpaired) electrons. The van der Waals surface area contributed by atoms with Crippen LogP contribution in [0.15, 0.2) is 42.7 Å². The van der Waals surface area contributed by atoms with Gasteiger partial charge in [0.1, 0.15) is 11.5 Å². The average Bonchev–Trinajstić information content (AvgIpc) is 3.29. The van der Waals surface area contributed by atoms with Gasteiger partial charge in [0.05, 0.1) is 12.4 Å². The molecule has 2 aromatic rings. The van der Waals surface area contributed by atoms with Crippen molar-refractivity contribution in [2.24, 2.45) is 0 Å². The average molecular weight is 380 g/mol. The number of hydrogen-bond acceptors (Lipinski definition) is 5. The smallest absolute Gasteiger partial charge is 0.274 e. The number of carbonyl (C=O) groups is 1. The third kappa shape index (κ3) is 4.33. The molecular weight excluding hydrogens is 350 g/mol. The van der Waals surface area contributed by atoms with Gasteiger partial charge in [-0.15, -0.1) is 0 Å². The SMILES string of the molecule is CN(Cc1ccccc1)C1CCCN(c2cncc(C(=O)N3CCCC3)n2)C1. The van der Waals surface area contributed by atoms with Crippen LogP contribution in [0.1, 0.15) is 41.7 Å². The fourth-order valence-electron chi connectivity index (χ4n) is 4.22. The Balaban J connectivity index is 1.42. The quantitative estimate of drug-likeness (QED) is 0.800. The molecular formula is C22H29N5O. The predicted molar refractivity (Wildman–Crippen MR) is 110 cm³/mol. The molecule has 0 bridgehead atoms. The summed E-state index contributed by atoms with van der Waals surface area (Å²) >= 11 is 0. The number of amides is 1. The van der Waals surface area contributed by atoms with E-state index < -0.39 is 0 Å². The maximum atomic E-state index is 12.7. The lowest BCUT2D eigenvalue weighted by Crippen LogP contribution is -2.46. The lowest BCUT2D eigenvalue weighted by molar-refractivity contribution is 0.0786. The number of anilines is 1. The Morgan fingerprint density at radius 2 is 1.89 bits per heavy atom. The fourth-order valence-corrected chi connectivity index (χ4v) is 4.22. The number of likely N-dealkylation sites (N-methyl/N-ethyl adjacent to an activating group) is 1. The molecule has 6 nitrogen and oxygen atoms in total. The van der Waals surface area contributed by atoms with Gasteiger partial charge in [-0.1, -0.05) is 30.3 Å². The van der Waals surface area contributed by atoms with Gasteiger partial charge in [-0.2, -0.15) is 0 Å². The van der Waals surface area contributed by atoms with Gasteiger partial charge in [0.25, 0.3) is 5.91 Å². The van der Waals surface area contributed by atoms with E-state index in [1.165, 1.54) is 12.0 Å². The number of nitrogens with zero attached hydrogens (tertiary/aromatic N) is 5. The molecule has 0 N–H and O–H groups in total. The Morgan fingerprint density at radius 3 is 2.68 bits per heavy atom. The van der Waals surface area contributed by atoms with E-state index in [0.29, 0.717) is 11.7 Å². The zero-order valence-electron chi connectivity index (χ0n) is 16.6. The van der Waals surface area contributed by atoms with Crippen molar-refractivity contribution < 1.29 is 4.79 Å². The first kappa shape index (κ1) is 18.9. The number of carbonyl (C=O) groups excluding carboxylic acids is 1. The van der Waals surface area contributed by atoms with Crippen LogP contribution in [-0.2, 0) is 6.54 Å². The molecule has 1 unspecified atom stereocenters. The van der Waals surface area contributed by atoms with Crippen molar-refractivity contribution >= 4 is 11.7 Å². The van der Waals surface area contributed by atoms with Crippen LogP contribution in [0.2, 0.25) is 0 Å². The zero-order chi connectivity index (χ0) is 19.3. The van der Waals surface area contributed by atoms with Crippen LogP contribution >= 0.6 is 0 Å². The zero-order valence-corrected chi connectivity index (χ0v) is 16.6. The summed E-state index contributed by atoms with van der Waals surface area (Å²) in [5.41, 5.74) is 1.80. The number of hydrogen-bond donors (Lipinski definition) is 0. The Labute approximate surface area is 167 Å². The minimum atomic E-state index is 0.0154. The highest BCUT2D eigenvalue weighted by molar-refractivity contribution is 5.92. The van der Waals surface area contributed by atoms with Gasteiger partial charge < -0.3 is 9.80 Å². The van der Waals surface area contributed by atoms with E-state index in [1.54, 1.807) is 12.4 Å². The molecule has 2 aliphatic heterocycles. The van der Waals surface area contributed by atoms with E-state index in [2.05, 4.69) is 57.1 Å². The normalized spacial score (nSPS) is 20.0. The standard InChI is InChI=1S/C22H29N5O/c1-25(16-18-8-3-2-4-9-18)19-10-7-13-27(17-19)21-15-23-14-20(24-21)22(28)26-11-5-6-12-26/h2-4,8-9,14-15,19H,5-7,10-13,16-17H2,1H3. The van der Waals surface area contributed by atoms with Crippen LogP contribution in [0.3, 0.4) is 0 Å². The number of aromatic nitrogens is 2. The van der Waals surface area contributed by atoms with E-state index in [1.807, 2.05) is 4.90 Å². The van der Waals surface area contributed by atoms with Crippen molar-refractivity contribution in [1.29, 1.82) is 0 Å². The van der Waals surface area contributed by atoms with Crippen molar-refractivity contribution in [2.45, 2.75) is 38.3 Å². The molecule has 6 heteroatoms. The van der Waals surface area contributed by atoms with Crippen LogP contribution < -0.4 is 4.90 Å². The third-order valence-electron chi connectivity index (χ3n) is 5.85. The van der Waals surface area contributed by atoms with Gasteiger partial charge >= 0.3 is 0 Å². The Hall–Kier alpha value is -2.47. The molecule has 2 saturated heterocycles. The highest BCUT2D eigenvalue weighted by Gasteiger charge is 2.26. The topological polar surface area (TPSA) is 52.6 Å². The van der Waals surface area contributed by atoms with Crippen LogP contribution in [0, 0.1) is 0 Å². The highest BCUT2D eigenvalue weighted by atomic mass is 16.2. The van der Waals surface area contributed by atoms with Gasteiger partial charge in [0.15, 0.2) is 0 Å². The summed E-state index contributed by atoms with van der Waals surface area (Å²) in [5, 5.41) is 0. The van der Waals surface area contributed by atoms with Crippen LogP contribution in [0.25, 0.3) is 0 Å². The van der Waals surface area contributed by atoms with E-state index in [-0.39, 0.29) is 5.91 Å². The monoisotopic (exact) mass is 379 g/mol. The van der Waals surface area contributed by atoms with Crippen LogP contribution in [0.5, 0.6) is 0 Å². The minimum absolute atomic E-state index is 0.0154. The number of likely N-dealkylation sites (tertiary alicyclic amines) is 1. The first-order chi connectivity index (χ1) is 13.7. The lowest BCUT2D eigenvalue weighted by Gasteiger charge is -2.38. The maximum absolute atomic E-state index is 12.7. The van der Waals surface area contributed by atoms with Crippen molar-refractivity contribution in [2.75, 3.05) is 38.1 Å². The summed E-state index contributed by atoms with van der Waals surface area (Å²) in [6.07, 6.45) is 7.86. The third-order valence-corrected chi connectivity index (χ3v) is 5.85. The predicted octanol–water partition coefficient (Wildman–Crippen LogP) is 2.81. The molecule has 0 aliphatic carbocycles. The van der Waals surface area contributed by atoms with Gasteiger partial charge in [-0.25, -0.2) is 4.98 Å². The second kappa shape index (κ2) is 8.69. The molecule has 2 aliphatic rings. The Kier molecular flexibility index (Phi) is 5.86. The van der Waals surface area contributed by atoms with Crippen molar-refractivity contribution in [3.8, 4) is 0 Å². The summed E-state index contributed by atoms with van der Waals surface area (Å²) in [4.78, 5) is 28.2. The van der Waals surface area contributed by atoms with Gasteiger partial charge in [0.2, 0.25) is 0 Å². The molecule has 1 atom stereocenters. The maximum Gasteiger partial charge on any atom is 0.274 e. The first-order valence-electron chi connectivity index (χ1n) is 10.3.